The van der Waals surface area contributed by atoms with Gasteiger partial charge in [-0.2, -0.15) is 0 Å². The number of alkyl halides is 1. The number of rotatable bonds is 6. The molecule has 0 atom stereocenters. The highest BCUT2D eigenvalue weighted by Crippen LogP contribution is 2.31. The molecule has 0 unspecified atom stereocenters. The van der Waals surface area contributed by atoms with Gasteiger partial charge in [-0.25, -0.2) is 0 Å². The summed E-state index contributed by atoms with van der Waals surface area (Å²) in [5.74, 6) is 1.05. The third kappa shape index (κ3) is 3.53. The third-order valence-corrected chi connectivity index (χ3v) is 5.84. The van der Waals surface area contributed by atoms with Gasteiger partial charge in [-0.3, -0.25) is 0 Å². The summed E-state index contributed by atoms with van der Waals surface area (Å²) in [7, 11) is 0. The summed E-state index contributed by atoms with van der Waals surface area (Å²) >= 11 is 3.65. The highest BCUT2D eigenvalue weighted by molar-refractivity contribution is 9.09. The second kappa shape index (κ2) is 6.78. The van der Waals surface area contributed by atoms with E-state index in [-0.39, 0.29) is 5.41 Å². The number of fused-ring (bicyclic) bond motifs is 1. The van der Waals surface area contributed by atoms with E-state index in [9.17, 15) is 0 Å². The monoisotopic (exact) mass is 324 g/mol. The highest BCUT2D eigenvalue weighted by atomic mass is 79.9. The smallest absolute Gasteiger partial charge is 0.119 e. The minimum atomic E-state index is 0.274. The van der Waals surface area contributed by atoms with Gasteiger partial charge in [0.2, 0.25) is 0 Å². The summed E-state index contributed by atoms with van der Waals surface area (Å²) in [6, 6.07) is 6.67. The zero-order valence-electron chi connectivity index (χ0n) is 12.2. The molecule has 0 spiro atoms. The van der Waals surface area contributed by atoms with Crippen molar-refractivity contribution < 1.29 is 4.74 Å². The van der Waals surface area contributed by atoms with Gasteiger partial charge in [0.1, 0.15) is 5.75 Å². The Labute approximate surface area is 125 Å². The van der Waals surface area contributed by atoms with Crippen LogP contribution in [0.1, 0.15) is 50.7 Å². The van der Waals surface area contributed by atoms with E-state index in [1.807, 2.05) is 0 Å². The number of ether oxygens (including phenoxy) is 1. The van der Waals surface area contributed by atoms with E-state index in [1.165, 1.54) is 36.8 Å². The molecule has 1 aromatic rings. The Kier molecular flexibility index (Phi) is 5.32. The molecule has 2 rings (SSSR count). The van der Waals surface area contributed by atoms with Crippen LogP contribution in [0.2, 0.25) is 0 Å². The molecular weight excluding hydrogens is 300 g/mol. The first kappa shape index (κ1) is 14.9. The van der Waals surface area contributed by atoms with Crippen LogP contribution in [0.5, 0.6) is 5.75 Å². The Hall–Kier alpha value is -0.500. The van der Waals surface area contributed by atoms with Crippen molar-refractivity contribution in [3.8, 4) is 5.75 Å². The molecular formula is C17H25BrO. The summed E-state index contributed by atoms with van der Waals surface area (Å²) in [4.78, 5) is 0. The fraction of sp³-hybridized carbons (Fsp3) is 0.647. The van der Waals surface area contributed by atoms with Crippen LogP contribution in [0.15, 0.2) is 18.2 Å². The SMILES string of the molecule is CCC(CC)(CBr)COc1ccc2c(c1)CCCC2. The van der Waals surface area contributed by atoms with E-state index in [1.54, 1.807) is 0 Å². The lowest BCUT2D eigenvalue weighted by Gasteiger charge is -2.29. The van der Waals surface area contributed by atoms with Gasteiger partial charge in [0.25, 0.3) is 0 Å². The Bertz CT molecular complexity index is 401. The van der Waals surface area contributed by atoms with E-state index in [0.29, 0.717) is 0 Å². The maximum atomic E-state index is 6.08. The Morgan fingerprint density at radius 2 is 1.79 bits per heavy atom. The fourth-order valence-electron chi connectivity index (χ4n) is 2.72. The summed E-state index contributed by atoms with van der Waals surface area (Å²) < 4.78 is 6.08. The van der Waals surface area contributed by atoms with Crippen molar-refractivity contribution in [2.75, 3.05) is 11.9 Å². The van der Waals surface area contributed by atoms with Gasteiger partial charge in [0.15, 0.2) is 0 Å². The van der Waals surface area contributed by atoms with Gasteiger partial charge in [-0.05, 0) is 61.8 Å². The predicted molar refractivity (Wildman–Crippen MR) is 85.4 cm³/mol. The quantitative estimate of drug-likeness (QED) is 0.658. The van der Waals surface area contributed by atoms with Crippen molar-refractivity contribution in [1.29, 1.82) is 0 Å². The van der Waals surface area contributed by atoms with Crippen LogP contribution in [0.4, 0.5) is 0 Å². The lowest BCUT2D eigenvalue weighted by atomic mass is 9.86. The first-order valence-electron chi connectivity index (χ1n) is 7.53. The van der Waals surface area contributed by atoms with Crippen LogP contribution >= 0.6 is 15.9 Å². The zero-order chi connectivity index (χ0) is 13.7. The van der Waals surface area contributed by atoms with Gasteiger partial charge in [0, 0.05) is 10.7 Å². The van der Waals surface area contributed by atoms with E-state index < -0.39 is 0 Å². The van der Waals surface area contributed by atoms with E-state index >= 15 is 0 Å². The highest BCUT2D eigenvalue weighted by Gasteiger charge is 2.26. The van der Waals surface area contributed by atoms with Crippen molar-refractivity contribution in [3.63, 3.8) is 0 Å². The maximum Gasteiger partial charge on any atom is 0.119 e. The molecule has 0 heterocycles. The van der Waals surface area contributed by atoms with E-state index in [0.717, 1.165) is 30.5 Å². The number of aryl methyl sites for hydroxylation is 2. The molecule has 0 saturated carbocycles. The van der Waals surface area contributed by atoms with Crippen molar-refractivity contribution in [1.82, 2.24) is 0 Å². The fourth-order valence-corrected chi connectivity index (χ4v) is 3.67. The number of hydrogen-bond donors (Lipinski definition) is 0. The Morgan fingerprint density at radius 1 is 1.11 bits per heavy atom. The number of halogens is 1. The van der Waals surface area contributed by atoms with Crippen LogP contribution in [-0.2, 0) is 12.8 Å². The lowest BCUT2D eigenvalue weighted by molar-refractivity contribution is 0.157. The standard InChI is InChI=1S/C17H25BrO/c1-3-17(4-2,12-18)13-19-16-10-9-14-7-5-6-8-15(14)11-16/h9-11H,3-8,12-13H2,1-2H3. The predicted octanol–water partition coefficient (Wildman–Crippen LogP) is 5.15. The van der Waals surface area contributed by atoms with E-state index in [4.69, 9.17) is 4.74 Å². The largest absolute Gasteiger partial charge is 0.493 e. The first-order chi connectivity index (χ1) is 9.23. The topological polar surface area (TPSA) is 9.23 Å². The minimum Gasteiger partial charge on any atom is -0.493 e. The number of hydrogen-bond acceptors (Lipinski definition) is 1. The van der Waals surface area contributed by atoms with Crippen LogP contribution in [0.3, 0.4) is 0 Å². The normalized spacial score (nSPS) is 15.1. The van der Waals surface area contributed by atoms with Crippen molar-refractivity contribution in [3.05, 3.63) is 29.3 Å². The lowest BCUT2D eigenvalue weighted by Crippen LogP contribution is -2.29. The molecule has 0 saturated heterocycles. The van der Waals surface area contributed by atoms with Gasteiger partial charge < -0.3 is 4.74 Å². The molecule has 0 bridgehead atoms. The molecule has 1 aliphatic carbocycles. The molecule has 19 heavy (non-hydrogen) atoms. The summed E-state index contributed by atoms with van der Waals surface area (Å²) in [6.07, 6.45) is 7.43. The molecule has 1 aliphatic rings. The summed E-state index contributed by atoms with van der Waals surface area (Å²) in [6.45, 7) is 5.31. The average Bonchev–Trinajstić information content (AvgIpc) is 2.49. The second-order valence-electron chi connectivity index (χ2n) is 5.77. The maximum absolute atomic E-state index is 6.08. The molecule has 0 aromatic heterocycles. The van der Waals surface area contributed by atoms with Crippen LogP contribution in [0.25, 0.3) is 0 Å². The molecule has 0 fully saturated rings. The Morgan fingerprint density at radius 3 is 2.42 bits per heavy atom. The van der Waals surface area contributed by atoms with Crippen LogP contribution < -0.4 is 4.74 Å². The number of benzene rings is 1. The molecule has 0 aliphatic heterocycles. The first-order valence-corrected chi connectivity index (χ1v) is 8.66. The van der Waals surface area contributed by atoms with Gasteiger partial charge in [-0.1, -0.05) is 35.8 Å². The van der Waals surface area contributed by atoms with Crippen molar-refractivity contribution >= 4 is 15.9 Å². The molecule has 0 amide bonds. The summed E-state index contributed by atoms with van der Waals surface area (Å²) in [5, 5.41) is 1.01. The second-order valence-corrected chi connectivity index (χ2v) is 6.33. The van der Waals surface area contributed by atoms with Crippen LogP contribution in [0, 0.1) is 5.41 Å². The molecule has 1 aromatic carbocycles. The molecule has 0 N–H and O–H groups in total. The van der Waals surface area contributed by atoms with Gasteiger partial charge >= 0.3 is 0 Å². The molecule has 2 heteroatoms. The van der Waals surface area contributed by atoms with Crippen LogP contribution in [-0.4, -0.2) is 11.9 Å². The van der Waals surface area contributed by atoms with Gasteiger partial charge in [0.05, 0.1) is 6.61 Å². The molecule has 1 nitrogen and oxygen atoms in total. The molecule has 0 radical (unpaired) electrons. The zero-order valence-corrected chi connectivity index (χ0v) is 13.8. The average molecular weight is 325 g/mol. The molecule has 106 valence electrons. The minimum absolute atomic E-state index is 0.274. The van der Waals surface area contributed by atoms with Crippen molar-refractivity contribution in [2.24, 2.45) is 5.41 Å². The van der Waals surface area contributed by atoms with Gasteiger partial charge in [-0.15, -0.1) is 0 Å². The van der Waals surface area contributed by atoms with E-state index in [2.05, 4.69) is 48.0 Å². The summed E-state index contributed by atoms with van der Waals surface area (Å²) in [5.41, 5.74) is 3.30. The third-order valence-electron chi connectivity index (χ3n) is 4.65. The van der Waals surface area contributed by atoms with Crippen molar-refractivity contribution in [2.45, 2.75) is 52.4 Å². The Balaban J connectivity index is 2.03.